The Hall–Kier alpha value is -1.83. The highest BCUT2D eigenvalue weighted by atomic mass is 19.4. The third-order valence-electron chi connectivity index (χ3n) is 4.98. The molecule has 0 bridgehead atoms. The lowest BCUT2D eigenvalue weighted by atomic mass is 10.1. The van der Waals surface area contributed by atoms with E-state index in [0.717, 1.165) is 25.5 Å². The molecule has 1 aliphatic heterocycles. The number of nitrogens with zero attached hydrogens (tertiary/aromatic N) is 2. The van der Waals surface area contributed by atoms with Crippen molar-refractivity contribution in [3.8, 4) is 5.88 Å². The van der Waals surface area contributed by atoms with Crippen LogP contribution in [0, 0.1) is 0 Å². The Kier molecular flexibility index (Phi) is 5.65. The first kappa shape index (κ1) is 19.9. The van der Waals surface area contributed by atoms with Crippen molar-refractivity contribution in [2.75, 3.05) is 13.2 Å². The van der Waals surface area contributed by atoms with E-state index in [1.165, 1.54) is 25.1 Å². The number of rotatable bonds is 7. The molecule has 1 aromatic heterocycles. The molecule has 0 spiro atoms. The van der Waals surface area contributed by atoms with Crippen molar-refractivity contribution in [1.82, 2.24) is 15.2 Å². The molecule has 1 aliphatic carbocycles. The van der Waals surface area contributed by atoms with E-state index in [-0.39, 0.29) is 18.6 Å². The van der Waals surface area contributed by atoms with E-state index in [2.05, 4.69) is 15.2 Å². The van der Waals surface area contributed by atoms with Gasteiger partial charge >= 0.3 is 6.18 Å². The summed E-state index contributed by atoms with van der Waals surface area (Å²) < 4.78 is 44.4. The van der Waals surface area contributed by atoms with Crippen molar-refractivity contribution in [2.45, 2.75) is 69.8 Å². The molecule has 5 nitrogen and oxygen atoms in total. The third kappa shape index (κ3) is 5.34. The molecule has 1 aromatic rings. The quantitative estimate of drug-likeness (QED) is 0.782. The second-order valence-electron chi connectivity index (χ2n) is 8.04. The molecule has 0 unspecified atom stereocenters. The van der Waals surface area contributed by atoms with Gasteiger partial charge in [-0.3, -0.25) is 9.69 Å². The molecular weight excluding hydrogens is 359 g/mol. The molecule has 1 atom stereocenters. The fraction of sp³-hybridized carbons (Fsp3) is 0.684. The third-order valence-corrected chi connectivity index (χ3v) is 4.98. The van der Waals surface area contributed by atoms with Crippen LogP contribution < -0.4 is 10.1 Å². The highest BCUT2D eigenvalue weighted by Gasteiger charge is 2.38. The summed E-state index contributed by atoms with van der Waals surface area (Å²) in [5, 5.41) is 2.89. The average Bonchev–Trinajstić information content (AvgIpc) is 3.32. The average molecular weight is 385 g/mol. The first-order valence-corrected chi connectivity index (χ1v) is 9.37. The highest BCUT2D eigenvalue weighted by Crippen LogP contribution is 2.35. The Morgan fingerprint density at radius 2 is 2.07 bits per heavy atom. The number of hydrogen-bond acceptors (Lipinski definition) is 4. The number of alkyl halides is 3. The topological polar surface area (TPSA) is 54.5 Å². The number of carbonyl (C=O) groups is 1. The molecule has 1 saturated carbocycles. The van der Waals surface area contributed by atoms with Crippen LogP contribution >= 0.6 is 0 Å². The molecule has 3 rings (SSSR count). The van der Waals surface area contributed by atoms with Crippen LogP contribution in [0.3, 0.4) is 0 Å². The van der Waals surface area contributed by atoms with Crippen LogP contribution in [0.25, 0.3) is 0 Å². The summed E-state index contributed by atoms with van der Waals surface area (Å²) in [6, 6.07) is 3.05. The minimum Gasteiger partial charge on any atom is -0.475 e. The summed E-state index contributed by atoms with van der Waals surface area (Å²) in [4.78, 5) is 18.6. The van der Waals surface area contributed by atoms with E-state index in [1.54, 1.807) is 13.8 Å². The van der Waals surface area contributed by atoms with Crippen LogP contribution in [-0.4, -0.2) is 46.6 Å². The molecule has 1 saturated heterocycles. The van der Waals surface area contributed by atoms with Gasteiger partial charge in [-0.15, -0.1) is 0 Å². The summed E-state index contributed by atoms with van der Waals surface area (Å²) in [6.07, 6.45) is 1.68. The lowest BCUT2D eigenvalue weighted by Crippen LogP contribution is -2.49. The number of aromatic nitrogens is 1. The molecule has 0 aromatic carbocycles. The fourth-order valence-corrected chi connectivity index (χ4v) is 3.61. The number of amides is 1. The molecule has 27 heavy (non-hydrogen) atoms. The highest BCUT2D eigenvalue weighted by molar-refractivity contribution is 5.77. The smallest absolute Gasteiger partial charge is 0.421 e. The molecule has 8 heteroatoms. The standard InChI is InChI=1S/C19H26F3N3O2/c1-18(2,12-27-17-15(19(20,21)22)6-3-9-23-17)24-16(26)11-14-5-4-10-25(14)13-7-8-13/h3,6,9,13-14H,4-5,7-8,10-12H2,1-2H3,(H,24,26)/t14-/m0/s1. The van der Waals surface area contributed by atoms with Gasteiger partial charge in [0.25, 0.3) is 0 Å². The number of pyridine rings is 1. The van der Waals surface area contributed by atoms with Gasteiger partial charge in [-0.05, 0) is 58.2 Å². The van der Waals surface area contributed by atoms with Gasteiger partial charge in [-0.2, -0.15) is 13.2 Å². The van der Waals surface area contributed by atoms with E-state index in [0.29, 0.717) is 12.5 Å². The lowest BCUT2D eigenvalue weighted by Gasteiger charge is -2.29. The zero-order valence-corrected chi connectivity index (χ0v) is 15.7. The van der Waals surface area contributed by atoms with Gasteiger partial charge in [0.15, 0.2) is 0 Å². The summed E-state index contributed by atoms with van der Waals surface area (Å²) in [7, 11) is 0. The van der Waals surface area contributed by atoms with Crippen LogP contribution in [0.2, 0.25) is 0 Å². The largest absolute Gasteiger partial charge is 0.475 e. The monoisotopic (exact) mass is 385 g/mol. The Morgan fingerprint density at radius 1 is 1.33 bits per heavy atom. The van der Waals surface area contributed by atoms with Crippen molar-refractivity contribution < 1.29 is 22.7 Å². The van der Waals surface area contributed by atoms with E-state index in [9.17, 15) is 18.0 Å². The second-order valence-corrected chi connectivity index (χ2v) is 8.04. The van der Waals surface area contributed by atoms with Crippen molar-refractivity contribution >= 4 is 5.91 Å². The number of nitrogens with one attached hydrogen (secondary N) is 1. The normalized spacial score (nSPS) is 21.3. The first-order chi connectivity index (χ1) is 12.7. The SMILES string of the molecule is CC(C)(COc1ncccc1C(F)(F)F)NC(=O)C[C@@H]1CCCN1C1CC1. The van der Waals surface area contributed by atoms with Crippen LogP contribution in [0.15, 0.2) is 18.3 Å². The zero-order chi connectivity index (χ0) is 19.7. The molecule has 150 valence electrons. The number of hydrogen-bond donors (Lipinski definition) is 1. The Labute approximate surface area is 157 Å². The molecule has 1 N–H and O–H groups in total. The minimum atomic E-state index is -4.54. The first-order valence-electron chi connectivity index (χ1n) is 9.37. The van der Waals surface area contributed by atoms with Gasteiger partial charge in [0.2, 0.25) is 11.8 Å². The van der Waals surface area contributed by atoms with Crippen molar-refractivity contribution in [3.05, 3.63) is 23.9 Å². The predicted octanol–water partition coefficient (Wildman–Crippen LogP) is 3.39. The van der Waals surface area contributed by atoms with Crippen LogP contribution in [0.5, 0.6) is 5.88 Å². The number of carbonyl (C=O) groups excluding carboxylic acids is 1. The number of likely N-dealkylation sites (tertiary alicyclic amines) is 1. The molecule has 2 heterocycles. The number of halogens is 3. The van der Waals surface area contributed by atoms with Crippen LogP contribution in [0.1, 0.15) is 51.5 Å². The van der Waals surface area contributed by atoms with Gasteiger partial charge in [-0.1, -0.05) is 0 Å². The van der Waals surface area contributed by atoms with Gasteiger partial charge in [0, 0.05) is 24.7 Å². The summed E-state index contributed by atoms with van der Waals surface area (Å²) in [6.45, 7) is 4.41. The summed E-state index contributed by atoms with van der Waals surface area (Å²) in [5.74, 6) is -0.568. The fourth-order valence-electron chi connectivity index (χ4n) is 3.61. The van der Waals surface area contributed by atoms with Crippen molar-refractivity contribution in [1.29, 1.82) is 0 Å². The van der Waals surface area contributed by atoms with Crippen molar-refractivity contribution in [3.63, 3.8) is 0 Å². The van der Waals surface area contributed by atoms with Crippen LogP contribution in [0.4, 0.5) is 13.2 Å². The van der Waals surface area contributed by atoms with Gasteiger partial charge in [-0.25, -0.2) is 4.98 Å². The molecule has 0 radical (unpaired) electrons. The van der Waals surface area contributed by atoms with E-state index in [1.807, 2.05) is 0 Å². The Morgan fingerprint density at radius 3 is 2.74 bits per heavy atom. The summed E-state index contributed by atoms with van der Waals surface area (Å²) in [5.41, 5.74) is -1.72. The van der Waals surface area contributed by atoms with Crippen LogP contribution in [-0.2, 0) is 11.0 Å². The lowest BCUT2D eigenvalue weighted by molar-refractivity contribution is -0.139. The van der Waals surface area contributed by atoms with E-state index >= 15 is 0 Å². The van der Waals surface area contributed by atoms with Gasteiger partial charge < -0.3 is 10.1 Å². The maximum Gasteiger partial charge on any atom is 0.421 e. The molecule has 1 amide bonds. The van der Waals surface area contributed by atoms with Crippen molar-refractivity contribution in [2.24, 2.45) is 0 Å². The van der Waals surface area contributed by atoms with E-state index < -0.39 is 23.2 Å². The number of ether oxygens (including phenoxy) is 1. The molecule has 2 aliphatic rings. The maximum absolute atomic E-state index is 13.0. The minimum absolute atomic E-state index is 0.0989. The second kappa shape index (κ2) is 7.66. The maximum atomic E-state index is 13.0. The predicted molar refractivity (Wildman–Crippen MR) is 94.3 cm³/mol. The van der Waals surface area contributed by atoms with Gasteiger partial charge in [0.1, 0.15) is 12.2 Å². The van der Waals surface area contributed by atoms with Gasteiger partial charge in [0.05, 0.1) is 5.54 Å². The zero-order valence-electron chi connectivity index (χ0n) is 15.7. The molecular formula is C19H26F3N3O2. The Balaban J connectivity index is 1.53. The van der Waals surface area contributed by atoms with E-state index in [4.69, 9.17) is 4.74 Å². The molecule has 2 fully saturated rings. The summed E-state index contributed by atoms with van der Waals surface area (Å²) >= 11 is 0. The Bertz CT molecular complexity index is 674.